The number of nitrogens with one attached hydrogen (secondary N) is 2. The van der Waals surface area contributed by atoms with Crippen molar-refractivity contribution in [3.63, 3.8) is 0 Å². The van der Waals surface area contributed by atoms with E-state index in [2.05, 4.69) is 22.9 Å². The van der Waals surface area contributed by atoms with Crippen molar-refractivity contribution in [1.82, 2.24) is 10.3 Å². The summed E-state index contributed by atoms with van der Waals surface area (Å²) < 4.78 is 0. The number of fused-ring (bicyclic) bond motifs is 1. The summed E-state index contributed by atoms with van der Waals surface area (Å²) in [5.41, 5.74) is 5.18. The number of hydrogen-bond donors (Lipinski definition) is 2. The zero-order chi connectivity index (χ0) is 12.9. The first-order valence-electron chi connectivity index (χ1n) is 6.12. The van der Waals surface area contributed by atoms with Crippen LogP contribution in [0.1, 0.15) is 22.9 Å². The Hall–Kier alpha value is -2.03. The van der Waals surface area contributed by atoms with E-state index < -0.39 is 0 Å². The second kappa shape index (κ2) is 3.73. The highest BCUT2D eigenvalue weighted by Crippen LogP contribution is 2.41. The quantitative estimate of drug-likeness (QED) is 0.778. The molecule has 0 spiro atoms. The molecule has 3 heteroatoms. The van der Waals surface area contributed by atoms with Gasteiger partial charge in [-0.25, -0.2) is 0 Å². The van der Waals surface area contributed by atoms with E-state index in [-0.39, 0.29) is 17.7 Å². The predicted octanol–water partition coefficient (Wildman–Crippen LogP) is 2.47. The van der Waals surface area contributed by atoms with E-state index in [1.807, 2.05) is 32.1 Å². The van der Waals surface area contributed by atoms with Crippen LogP contribution in [0, 0.1) is 19.8 Å². The number of carbonyl (C=O) groups excluding carboxylic acids is 1. The summed E-state index contributed by atoms with van der Waals surface area (Å²) in [6, 6.07) is 2.08. The zero-order valence-electron chi connectivity index (χ0n) is 10.6. The summed E-state index contributed by atoms with van der Waals surface area (Å²) in [6.07, 6.45) is 5.87. The van der Waals surface area contributed by atoms with Crippen LogP contribution in [-0.4, -0.2) is 10.9 Å². The molecule has 2 N–H and O–H groups in total. The van der Waals surface area contributed by atoms with E-state index in [4.69, 9.17) is 0 Å². The number of aromatic amines is 1. The lowest BCUT2D eigenvalue weighted by molar-refractivity contribution is -0.120. The lowest BCUT2D eigenvalue weighted by Gasteiger charge is -2.20. The number of allylic oxidation sites excluding steroid dienone is 4. The standard InChI is InChI=1S/C15H16N2O/c1-8-5-4-6-11-12(8)13(15(18)17-11)14-9(2)7-10(3)16-14/h4-7,12-13,16H,1H2,2-3H3,(H,17,18). The van der Waals surface area contributed by atoms with Crippen molar-refractivity contribution in [2.24, 2.45) is 5.92 Å². The number of H-pyrrole nitrogens is 1. The number of aromatic nitrogens is 1. The van der Waals surface area contributed by atoms with Gasteiger partial charge in [-0.15, -0.1) is 0 Å². The molecule has 0 bridgehead atoms. The monoisotopic (exact) mass is 240 g/mol. The summed E-state index contributed by atoms with van der Waals surface area (Å²) in [7, 11) is 0. The van der Waals surface area contributed by atoms with Gasteiger partial charge in [0.05, 0.1) is 5.92 Å². The molecule has 2 heterocycles. The molecule has 1 fully saturated rings. The van der Waals surface area contributed by atoms with Crippen molar-refractivity contribution in [1.29, 1.82) is 0 Å². The molecule has 3 nitrogen and oxygen atoms in total. The van der Waals surface area contributed by atoms with E-state index >= 15 is 0 Å². The molecule has 3 rings (SSSR count). The van der Waals surface area contributed by atoms with Gasteiger partial charge in [-0.1, -0.05) is 18.7 Å². The van der Waals surface area contributed by atoms with Gasteiger partial charge in [-0.3, -0.25) is 4.79 Å². The minimum atomic E-state index is -0.178. The molecule has 1 aliphatic heterocycles. The van der Waals surface area contributed by atoms with Crippen molar-refractivity contribution in [2.45, 2.75) is 19.8 Å². The van der Waals surface area contributed by atoms with Crippen molar-refractivity contribution >= 4 is 5.91 Å². The van der Waals surface area contributed by atoms with Gasteiger partial charge in [0.25, 0.3) is 0 Å². The fourth-order valence-corrected chi connectivity index (χ4v) is 2.94. The van der Waals surface area contributed by atoms with Crippen LogP contribution in [0.4, 0.5) is 0 Å². The van der Waals surface area contributed by atoms with Crippen LogP contribution in [-0.2, 0) is 4.79 Å². The maximum atomic E-state index is 12.2. The second-order valence-corrected chi connectivity index (χ2v) is 5.05. The van der Waals surface area contributed by atoms with Gasteiger partial charge in [0, 0.05) is 23.0 Å². The Morgan fingerprint density at radius 1 is 1.28 bits per heavy atom. The third kappa shape index (κ3) is 1.47. The lowest BCUT2D eigenvalue weighted by Crippen LogP contribution is -2.19. The average Bonchev–Trinajstić information content (AvgIpc) is 2.79. The van der Waals surface area contributed by atoms with Crippen LogP contribution >= 0.6 is 0 Å². The molecule has 1 amide bonds. The maximum absolute atomic E-state index is 12.2. The fraction of sp³-hybridized carbons (Fsp3) is 0.267. The molecule has 1 aliphatic carbocycles. The maximum Gasteiger partial charge on any atom is 0.234 e. The van der Waals surface area contributed by atoms with Gasteiger partial charge in [-0.2, -0.15) is 0 Å². The Morgan fingerprint density at radius 2 is 2.06 bits per heavy atom. The predicted molar refractivity (Wildman–Crippen MR) is 71.0 cm³/mol. The Labute approximate surface area is 106 Å². The highest BCUT2D eigenvalue weighted by Gasteiger charge is 2.42. The van der Waals surface area contributed by atoms with Crippen molar-refractivity contribution in [3.8, 4) is 0 Å². The molecule has 0 radical (unpaired) electrons. The third-order valence-electron chi connectivity index (χ3n) is 3.70. The number of carbonyl (C=O) groups is 1. The molecular weight excluding hydrogens is 224 g/mol. The van der Waals surface area contributed by atoms with E-state index in [0.717, 1.165) is 28.2 Å². The highest BCUT2D eigenvalue weighted by molar-refractivity contribution is 5.90. The highest BCUT2D eigenvalue weighted by atomic mass is 16.2. The van der Waals surface area contributed by atoms with Crippen LogP contribution in [0.5, 0.6) is 0 Å². The molecule has 1 aromatic heterocycles. The Bertz CT molecular complexity index is 604. The summed E-state index contributed by atoms with van der Waals surface area (Å²) in [5.74, 6) is -0.0669. The molecule has 0 saturated carbocycles. The number of aryl methyl sites for hydroxylation is 2. The smallest absolute Gasteiger partial charge is 0.234 e. The molecule has 2 aliphatic rings. The first-order valence-corrected chi connectivity index (χ1v) is 6.12. The molecule has 2 unspecified atom stereocenters. The fourth-order valence-electron chi connectivity index (χ4n) is 2.94. The van der Waals surface area contributed by atoms with Crippen LogP contribution < -0.4 is 5.32 Å². The van der Waals surface area contributed by atoms with Crippen LogP contribution in [0.25, 0.3) is 0 Å². The summed E-state index contributed by atoms with van der Waals surface area (Å²) in [5, 5.41) is 2.96. The average molecular weight is 240 g/mol. The molecular formula is C15H16N2O. The van der Waals surface area contributed by atoms with Gasteiger partial charge in [0.1, 0.15) is 0 Å². The van der Waals surface area contributed by atoms with Gasteiger partial charge >= 0.3 is 0 Å². The molecule has 1 aromatic rings. The largest absolute Gasteiger partial charge is 0.362 e. The third-order valence-corrected chi connectivity index (χ3v) is 3.70. The Balaban J connectivity index is 2.09. The molecule has 0 aromatic carbocycles. The summed E-state index contributed by atoms with van der Waals surface area (Å²) in [6.45, 7) is 8.12. The van der Waals surface area contributed by atoms with Crippen LogP contribution in [0.2, 0.25) is 0 Å². The van der Waals surface area contributed by atoms with Crippen LogP contribution in [0.3, 0.4) is 0 Å². The Morgan fingerprint density at radius 3 is 2.72 bits per heavy atom. The van der Waals surface area contributed by atoms with Crippen molar-refractivity contribution in [3.05, 3.63) is 59.1 Å². The minimum Gasteiger partial charge on any atom is -0.362 e. The number of rotatable bonds is 1. The number of hydrogen-bond acceptors (Lipinski definition) is 1. The van der Waals surface area contributed by atoms with Gasteiger partial charge < -0.3 is 10.3 Å². The van der Waals surface area contributed by atoms with Crippen molar-refractivity contribution in [2.75, 3.05) is 0 Å². The summed E-state index contributed by atoms with van der Waals surface area (Å²) >= 11 is 0. The first-order chi connectivity index (χ1) is 8.58. The number of amides is 1. The van der Waals surface area contributed by atoms with Gasteiger partial charge in [-0.05, 0) is 37.1 Å². The summed E-state index contributed by atoms with van der Waals surface area (Å²) in [4.78, 5) is 15.5. The van der Waals surface area contributed by atoms with E-state index in [9.17, 15) is 4.79 Å². The Kier molecular flexibility index (Phi) is 2.30. The van der Waals surface area contributed by atoms with E-state index in [0.29, 0.717) is 0 Å². The first kappa shape index (κ1) is 11.1. The molecule has 92 valence electrons. The zero-order valence-corrected chi connectivity index (χ0v) is 10.6. The van der Waals surface area contributed by atoms with E-state index in [1.54, 1.807) is 0 Å². The van der Waals surface area contributed by atoms with Gasteiger partial charge in [0.2, 0.25) is 5.91 Å². The molecule has 18 heavy (non-hydrogen) atoms. The lowest BCUT2D eigenvalue weighted by atomic mass is 9.82. The van der Waals surface area contributed by atoms with Crippen LogP contribution in [0.15, 0.2) is 42.1 Å². The topological polar surface area (TPSA) is 44.9 Å². The van der Waals surface area contributed by atoms with Crippen molar-refractivity contribution < 1.29 is 4.79 Å². The SMILES string of the molecule is C=C1C=CC=C2NC(=O)C(c3[nH]c(C)cc3C)C12. The molecule has 1 saturated heterocycles. The molecule has 2 atom stereocenters. The normalized spacial score (nSPS) is 26.0. The second-order valence-electron chi connectivity index (χ2n) is 5.05. The van der Waals surface area contributed by atoms with Gasteiger partial charge in [0.15, 0.2) is 0 Å². The minimum absolute atomic E-state index is 0.0549. The van der Waals surface area contributed by atoms with E-state index in [1.165, 1.54) is 0 Å².